The van der Waals surface area contributed by atoms with E-state index in [0.29, 0.717) is 5.02 Å². The molecule has 0 atom stereocenters. The van der Waals surface area contributed by atoms with Crippen LogP contribution in [0, 0.1) is 6.92 Å². The molecule has 0 aliphatic carbocycles. The van der Waals surface area contributed by atoms with Crippen LogP contribution >= 0.6 is 11.6 Å². The van der Waals surface area contributed by atoms with Gasteiger partial charge in [0.1, 0.15) is 0 Å². The average molecular weight is 226 g/mol. The molecule has 3 nitrogen and oxygen atoms in total. The molecule has 0 amide bonds. The summed E-state index contributed by atoms with van der Waals surface area (Å²) in [6, 6.07) is 6.76. The molecular weight excluding hydrogens is 216 g/mol. The number of halogens is 1. The van der Waals surface area contributed by atoms with Crippen LogP contribution in [0.2, 0.25) is 5.02 Å². The Morgan fingerprint density at radius 3 is 2.33 bits per heavy atom. The fourth-order valence-electron chi connectivity index (χ4n) is 0.983. The first kappa shape index (κ1) is 11.7. The highest BCUT2D eigenvalue weighted by Crippen LogP contribution is 2.10. The van der Waals surface area contributed by atoms with Gasteiger partial charge in [0.05, 0.1) is 6.42 Å². The molecule has 0 fully saturated rings. The number of hydrogen-bond acceptors (Lipinski definition) is 3. The lowest BCUT2D eigenvalue weighted by molar-refractivity contribution is -0.158. The van der Waals surface area contributed by atoms with E-state index in [1.807, 2.05) is 0 Å². The van der Waals surface area contributed by atoms with Crippen molar-refractivity contribution in [3.05, 3.63) is 41.8 Å². The first-order valence-corrected chi connectivity index (χ1v) is 4.77. The van der Waals surface area contributed by atoms with Gasteiger partial charge < -0.3 is 4.74 Å². The zero-order valence-corrected chi connectivity index (χ0v) is 8.79. The molecule has 15 heavy (non-hydrogen) atoms. The van der Waals surface area contributed by atoms with Gasteiger partial charge in [0.15, 0.2) is 0 Å². The van der Waals surface area contributed by atoms with Crippen molar-refractivity contribution in [3.8, 4) is 0 Å². The van der Waals surface area contributed by atoms with Crippen LogP contribution in [0.1, 0.15) is 12.0 Å². The molecule has 0 unspecified atom stereocenters. The van der Waals surface area contributed by atoms with Gasteiger partial charge >= 0.3 is 11.9 Å². The van der Waals surface area contributed by atoms with Gasteiger partial charge in [0, 0.05) is 11.4 Å². The van der Waals surface area contributed by atoms with E-state index >= 15 is 0 Å². The number of carbonyl (C=O) groups is 2. The van der Waals surface area contributed by atoms with Crippen molar-refractivity contribution >= 4 is 23.5 Å². The Morgan fingerprint density at radius 2 is 1.80 bits per heavy atom. The van der Waals surface area contributed by atoms with Gasteiger partial charge in [-0.1, -0.05) is 23.7 Å². The zero-order chi connectivity index (χ0) is 11.3. The predicted octanol–water partition coefficient (Wildman–Crippen LogP) is 2.18. The molecular formula is C11H10ClO3. The third-order valence-electron chi connectivity index (χ3n) is 1.69. The normalized spacial score (nSPS) is 9.73. The number of ether oxygens (including phenoxy) is 1. The molecule has 0 aliphatic rings. The van der Waals surface area contributed by atoms with E-state index in [4.69, 9.17) is 11.6 Å². The van der Waals surface area contributed by atoms with Crippen LogP contribution in [0.15, 0.2) is 24.3 Å². The number of hydrogen-bond donors (Lipinski definition) is 0. The van der Waals surface area contributed by atoms with Crippen molar-refractivity contribution in [1.29, 1.82) is 0 Å². The van der Waals surface area contributed by atoms with Crippen LogP contribution in [-0.2, 0) is 20.7 Å². The summed E-state index contributed by atoms with van der Waals surface area (Å²) in [6.45, 7) is 3.31. The SMILES string of the molecule is [CH2]CC(=O)OC(=O)Cc1ccc(Cl)cc1. The first-order valence-electron chi connectivity index (χ1n) is 4.39. The molecule has 0 aromatic heterocycles. The average Bonchev–Trinajstić information content (AvgIpc) is 2.21. The molecule has 0 saturated carbocycles. The van der Waals surface area contributed by atoms with Crippen molar-refractivity contribution < 1.29 is 14.3 Å². The largest absolute Gasteiger partial charge is 0.393 e. The molecule has 1 aromatic rings. The first-order chi connectivity index (χ1) is 7.11. The smallest absolute Gasteiger partial charge is 0.317 e. The zero-order valence-electron chi connectivity index (χ0n) is 8.03. The molecule has 1 radical (unpaired) electrons. The monoisotopic (exact) mass is 225 g/mol. The molecule has 0 aliphatic heterocycles. The van der Waals surface area contributed by atoms with Gasteiger partial charge in [-0.3, -0.25) is 9.59 Å². The van der Waals surface area contributed by atoms with Crippen molar-refractivity contribution in [3.63, 3.8) is 0 Å². The number of benzene rings is 1. The van der Waals surface area contributed by atoms with E-state index in [1.165, 1.54) is 0 Å². The summed E-state index contributed by atoms with van der Waals surface area (Å²) in [5.74, 6) is -1.19. The molecule has 0 N–H and O–H groups in total. The van der Waals surface area contributed by atoms with Crippen molar-refractivity contribution in [2.75, 3.05) is 0 Å². The fourth-order valence-corrected chi connectivity index (χ4v) is 1.11. The Balaban J connectivity index is 2.51. The number of rotatable bonds is 3. The highest BCUT2D eigenvalue weighted by Gasteiger charge is 2.08. The Labute approximate surface area is 93.0 Å². The van der Waals surface area contributed by atoms with Crippen molar-refractivity contribution in [2.24, 2.45) is 0 Å². The van der Waals surface area contributed by atoms with Crippen LogP contribution in [0.25, 0.3) is 0 Å². The maximum absolute atomic E-state index is 11.2. The van der Waals surface area contributed by atoms with Crippen LogP contribution in [0.3, 0.4) is 0 Å². The van der Waals surface area contributed by atoms with Gasteiger partial charge in [0.25, 0.3) is 0 Å². The van der Waals surface area contributed by atoms with Gasteiger partial charge in [-0.2, -0.15) is 0 Å². The van der Waals surface area contributed by atoms with E-state index in [2.05, 4.69) is 11.7 Å². The summed E-state index contributed by atoms with van der Waals surface area (Å²) in [5, 5.41) is 0.598. The van der Waals surface area contributed by atoms with Crippen molar-refractivity contribution in [1.82, 2.24) is 0 Å². The third kappa shape index (κ3) is 4.13. The van der Waals surface area contributed by atoms with Gasteiger partial charge in [-0.15, -0.1) is 0 Å². The minimum Gasteiger partial charge on any atom is -0.393 e. The molecule has 0 saturated heterocycles. The molecule has 4 heteroatoms. The van der Waals surface area contributed by atoms with Crippen LogP contribution in [0.4, 0.5) is 0 Å². The van der Waals surface area contributed by atoms with E-state index < -0.39 is 11.9 Å². The summed E-state index contributed by atoms with van der Waals surface area (Å²) < 4.78 is 4.46. The quantitative estimate of drug-likeness (QED) is 0.585. The van der Waals surface area contributed by atoms with Crippen LogP contribution < -0.4 is 0 Å². The second-order valence-corrected chi connectivity index (χ2v) is 3.34. The summed E-state index contributed by atoms with van der Waals surface area (Å²) in [6.07, 6.45) is 0.00919. The summed E-state index contributed by atoms with van der Waals surface area (Å²) >= 11 is 5.68. The molecule has 0 heterocycles. The van der Waals surface area contributed by atoms with Gasteiger partial charge in [-0.25, -0.2) is 0 Å². The Hall–Kier alpha value is -1.35. The molecule has 79 valence electrons. The lowest BCUT2D eigenvalue weighted by atomic mass is 10.1. The lowest BCUT2D eigenvalue weighted by Crippen LogP contribution is -2.13. The molecule has 1 aromatic carbocycles. The Kier molecular flexibility index (Phi) is 4.31. The topological polar surface area (TPSA) is 43.4 Å². The summed E-state index contributed by atoms with van der Waals surface area (Å²) in [4.78, 5) is 21.9. The molecule has 0 spiro atoms. The Morgan fingerprint density at radius 1 is 1.20 bits per heavy atom. The highest BCUT2D eigenvalue weighted by atomic mass is 35.5. The maximum atomic E-state index is 11.2. The van der Waals surface area contributed by atoms with E-state index in [0.717, 1.165) is 5.56 Å². The second kappa shape index (κ2) is 5.51. The molecule has 0 bridgehead atoms. The third-order valence-corrected chi connectivity index (χ3v) is 1.95. The Bertz CT molecular complexity index is 357. The minimum absolute atomic E-state index is 0.0492. The summed E-state index contributed by atoms with van der Waals surface area (Å²) in [7, 11) is 0. The van der Waals surface area contributed by atoms with E-state index in [9.17, 15) is 9.59 Å². The van der Waals surface area contributed by atoms with Crippen molar-refractivity contribution in [2.45, 2.75) is 12.8 Å². The molecule has 1 rings (SSSR count). The summed E-state index contributed by atoms with van der Waals surface area (Å²) in [5.41, 5.74) is 0.751. The lowest BCUT2D eigenvalue weighted by Gasteiger charge is -2.01. The van der Waals surface area contributed by atoms with E-state index in [1.54, 1.807) is 24.3 Å². The second-order valence-electron chi connectivity index (χ2n) is 2.90. The van der Waals surface area contributed by atoms with E-state index in [-0.39, 0.29) is 12.8 Å². The number of carbonyl (C=O) groups excluding carboxylic acids is 2. The standard InChI is InChI=1S/C11H10ClO3/c1-2-10(13)15-11(14)7-8-3-5-9(12)6-4-8/h3-6H,1-2,7H2. The fraction of sp³-hybridized carbons (Fsp3) is 0.182. The number of esters is 2. The predicted molar refractivity (Wildman–Crippen MR) is 56.2 cm³/mol. The van der Waals surface area contributed by atoms with Crippen LogP contribution in [-0.4, -0.2) is 11.9 Å². The maximum Gasteiger partial charge on any atom is 0.317 e. The minimum atomic E-state index is -0.617. The van der Waals surface area contributed by atoms with Gasteiger partial charge in [-0.05, 0) is 24.6 Å². The van der Waals surface area contributed by atoms with Gasteiger partial charge in [0.2, 0.25) is 0 Å². The van der Waals surface area contributed by atoms with Crippen LogP contribution in [0.5, 0.6) is 0 Å². The highest BCUT2D eigenvalue weighted by molar-refractivity contribution is 6.30.